The van der Waals surface area contributed by atoms with Gasteiger partial charge in [-0.25, -0.2) is 4.79 Å². The number of nitrogens with zero attached hydrogens (tertiary/aromatic N) is 2. The molecular formula is C11H12F3N3O4. The summed E-state index contributed by atoms with van der Waals surface area (Å²) in [6.07, 6.45) is -5.60. The molecule has 2 N–H and O–H groups in total. The summed E-state index contributed by atoms with van der Waals surface area (Å²) in [5, 5.41) is 17.4. The zero-order valence-corrected chi connectivity index (χ0v) is 10.8. The Kier molecular flexibility index (Phi) is 5.28. The Balaban J connectivity index is 2.91. The molecule has 0 saturated carbocycles. The number of nitriles is 1. The van der Waals surface area contributed by atoms with E-state index in [-0.39, 0.29) is 5.56 Å². The minimum absolute atomic E-state index is 0.159. The first-order chi connectivity index (χ1) is 9.70. The van der Waals surface area contributed by atoms with Crippen molar-refractivity contribution in [3.8, 4) is 6.07 Å². The maximum atomic E-state index is 12.5. The van der Waals surface area contributed by atoms with E-state index in [0.29, 0.717) is 0 Å². The summed E-state index contributed by atoms with van der Waals surface area (Å²) in [4.78, 5) is 24.5. The van der Waals surface area contributed by atoms with Crippen LogP contribution in [0.15, 0.2) is 15.8 Å². The predicted octanol–water partition coefficient (Wildman–Crippen LogP) is -0.118. The van der Waals surface area contributed by atoms with Crippen molar-refractivity contribution >= 4 is 0 Å². The maximum absolute atomic E-state index is 12.5. The number of aliphatic hydroxyl groups excluding tert-OH is 1. The number of alkyl halides is 3. The number of ether oxygens (including phenoxy) is 1. The third kappa shape index (κ3) is 4.17. The minimum Gasteiger partial charge on any atom is -0.394 e. The number of H-pyrrole nitrogens is 1. The van der Waals surface area contributed by atoms with E-state index in [1.807, 2.05) is 4.98 Å². The normalized spacial score (nSPS) is 14.5. The summed E-state index contributed by atoms with van der Waals surface area (Å²) in [5.41, 5.74) is -1.34. The zero-order chi connectivity index (χ0) is 16.2. The Labute approximate surface area is 116 Å². The molecule has 0 aliphatic heterocycles. The molecular weight excluding hydrogens is 295 g/mol. The van der Waals surface area contributed by atoms with E-state index in [1.165, 1.54) is 6.92 Å². The van der Waals surface area contributed by atoms with Gasteiger partial charge in [-0.2, -0.15) is 18.4 Å². The molecule has 0 aromatic carbocycles. The number of rotatable bonds is 5. The number of aromatic nitrogens is 2. The van der Waals surface area contributed by atoms with Crippen LogP contribution in [-0.4, -0.2) is 33.5 Å². The van der Waals surface area contributed by atoms with Crippen molar-refractivity contribution in [1.82, 2.24) is 9.55 Å². The number of aromatic amines is 1. The van der Waals surface area contributed by atoms with E-state index in [4.69, 9.17) is 15.1 Å². The van der Waals surface area contributed by atoms with Crippen molar-refractivity contribution in [2.45, 2.75) is 25.9 Å². The number of hydrogen-bond donors (Lipinski definition) is 2. The summed E-state index contributed by atoms with van der Waals surface area (Å²) in [6, 6.07) is 1.01. The third-order valence-corrected chi connectivity index (χ3v) is 2.66. The lowest BCUT2D eigenvalue weighted by Gasteiger charge is -2.22. The van der Waals surface area contributed by atoms with Crippen molar-refractivity contribution in [3.63, 3.8) is 0 Å². The van der Waals surface area contributed by atoms with Crippen molar-refractivity contribution in [1.29, 1.82) is 5.26 Å². The molecule has 21 heavy (non-hydrogen) atoms. The van der Waals surface area contributed by atoms with Crippen LogP contribution in [-0.2, 0) is 11.5 Å². The highest BCUT2D eigenvalue weighted by Crippen LogP contribution is 2.29. The van der Waals surface area contributed by atoms with E-state index in [0.717, 1.165) is 16.8 Å². The first-order valence-corrected chi connectivity index (χ1v) is 5.70. The molecule has 0 amide bonds. The molecule has 7 nitrogen and oxygen atoms in total. The molecule has 1 aromatic heterocycles. The highest BCUT2D eigenvalue weighted by Gasteiger charge is 2.45. The lowest BCUT2D eigenvalue weighted by Crippen LogP contribution is -2.39. The summed E-state index contributed by atoms with van der Waals surface area (Å²) in [5.74, 6) is -2.53. The SMILES string of the molecule is Cc1cn(COC(CO)C(C#N)C(F)(F)F)c(=O)[nH]c1=O. The van der Waals surface area contributed by atoms with Crippen LogP contribution in [0.2, 0.25) is 0 Å². The van der Waals surface area contributed by atoms with E-state index < -0.39 is 42.8 Å². The smallest absolute Gasteiger partial charge is 0.394 e. The minimum atomic E-state index is -4.87. The molecule has 1 heterocycles. The zero-order valence-electron chi connectivity index (χ0n) is 10.8. The monoisotopic (exact) mass is 307 g/mol. The van der Waals surface area contributed by atoms with Gasteiger partial charge in [0.05, 0.1) is 12.7 Å². The lowest BCUT2D eigenvalue weighted by molar-refractivity contribution is -0.200. The second-order valence-electron chi connectivity index (χ2n) is 4.21. The maximum Gasteiger partial charge on any atom is 0.407 e. The Hall–Kier alpha value is -2.12. The van der Waals surface area contributed by atoms with Gasteiger partial charge < -0.3 is 9.84 Å². The molecule has 1 rings (SSSR count). The standard InChI is InChI=1S/C11H12F3N3O4/c1-6-3-17(10(20)16-9(6)19)5-21-8(4-18)7(2-15)11(12,13)14/h3,7-8,18H,4-5H2,1H3,(H,16,19,20). The summed E-state index contributed by atoms with van der Waals surface area (Å²) >= 11 is 0. The van der Waals surface area contributed by atoms with Crippen LogP contribution >= 0.6 is 0 Å². The molecule has 0 saturated heterocycles. The van der Waals surface area contributed by atoms with E-state index >= 15 is 0 Å². The van der Waals surface area contributed by atoms with Gasteiger partial charge in [-0.05, 0) is 6.92 Å². The van der Waals surface area contributed by atoms with Gasteiger partial charge >= 0.3 is 11.9 Å². The van der Waals surface area contributed by atoms with Crippen molar-refractivity contribution in [2.24, 2.45) is 5.92 Å². The summed E-state index contributed by atoms with van der Waals surface area (Å²) in [6.45, 7) is -0.295. The number of aryl methyl sites for hydroxylation is 1. The molecule has 0 aliphatic carbocycles. The topological polar surface area (TPSA) is 108 Å². The molecule has 0 spiro atoms. The van der Waals surface area contributed by atoms with Crippen LogP contribution in [0.3, 0.4) is 0 Å². The first kappa shape index (κ1) is 16.9. The molecule has 10 heteroatoms. The van der Waals surface area contributed by atoms with Gasteiger partial charge in [0.1, 0.15) is 12.8 Å². The lowest BCUT2D eigenvalue weighted by atomic mass is 10.0. The van der Waals surface area contributed by atoms with Gasteiger partial charge in [-0.15, -0.1) is 0 Å². The quantitative estimate of drug-likeness (QED) is 0.788. The molecule has 0 radical (unpaired) electrons. The number of halogens is 3. The van der Waals surface area contributed by atoms with Gasteiger partial charge in [-0.1, -0.05) is 0 Å². The predicted molar refractivity (Wildman–Crippen MR) is 63.2 cm³/mol. The van der Waals surface area contributed by atoms with Crippen molar-refractivity contribution in [3.05, 3.63) is 32.6 Å². The van der Waals surface area contributed by atoms with Gasteiger partial charge in [0.15, 0.2) is 5.92 Å². The van der Waals surface area contributed by atoms with Crippen LogP contribution in [0.5, 0.6) is 0 Å². The molecule has 2 unspecified atom stereocenters. The molecule has 116 valence electrons. The van der Waals surface area contributed by atoms with Gasteiger partial charge in [0.2, 0.25) is 0 Å². The van der Waals surface area contributed by atoms with E-state index in [9.17, 15) is 22.8 Å². The fourth-order valence-corrected chi connectivity index (χ4v) is 1.51. The Bertz CT molecular complexity index is 644. The highest BCUT2D eigenvalue weighted by atomic mass is 19.4. The van der Waals surface area contributed by atoms with Crippen LogP contribution in [0.1, 0.15) is 5.56 Å². The van der Waals surface area contributed by atoms with E-state index in [1.54, 1.807) is 0 Å². The number of aliphatic hydroxyl groups is 1. The second-order valence-corrected chi connectivity index (χ2v) is 4.21. The largest absolute Gasteiger partial charge is 0.407 e. The summed E-state index contributed by atoms with van der Waals surface area (Å²) in [7, 11) is 0. The average Bonchev–Trinajstić information content (AvgIpc) is 2.38. The Morgan fingerprint density at radius 3 is 2.62 bits per heavy atom. The van der Waals surface area contributed by atoms with Gasteiger partial charge in [0.25, 0.3) is 5.56 Å². The van der Waals surface area contributed by atoms with Gasteiger partial charge in [0, 0.05) is 11.8 Å². The molecule has 0 bridgehead atoms. The van der Waals surface area contributed by atoms with Crippen molar-refractivity contribution in [2.75, 3.05) is 6.61 Å². The van der Waals surface area contributed by atoms with Crippen LogP contribution in [0.4, 0.5) is 13.2 Å². The van der Waals surface area contributed by atoms with Gasteiger partial charge in [-0.3, -0.25) is 14.3 Å². The second kappa shape index (κ2) is 6.55. The van der Waals surface area contributed by atoms with Crippen LogP contribution in [0, 0.1) is 24.2 Å². The Morgan fingerprint density at radius 1 is 1.52 bits per heavy atom. The van der Waals surface area contributed by atoms with E-state index in [2.05, 4.69) is 0 Å². The first-order valence-electron chi connectivity index (χ1n) is 5.70. The average molecular weight is 307 g/mol. The fourth-order valence-electron chi connectivity index (χ4n) is 1.51. The Morgan fingerprint density at radius 2 is 2.14 bits per heavy atom. The number of hydrogen-bond acceptors (Lipinski definition) is 5. The third-order valence-electron chi connectivity index (χ3n) is 2.66. The molecule has 0 fully saturated rings. The molecule has 2 atom stereocenters. The number of nitrogens with one attached hydrogen (secondary N) is 1. The van der Waals surface area contributed by atoms with Crippen LogP contribution < -0.4 is 11.2 Å². The summed E-state index contributed by atoms with van der Waals surface area (Å²) < 4.78 is 43.3. The molecule has 0 aliphatic rings. The molecule has 1 aromatic rings. The fraction of sp³-hybridized carbons (Fsp3) is 0.545. The van der Waals surface area contributed by atoms with Crippen LogP contribution in [0.25, 0.3) is 0 Å². The highest BCUT2D eigenvalue weighted by molar-refractivity contribution is 5.00. The van der Waals surface area contributed by atoms with Crippen molar-refractivity contribution < 1.29 is 23.0 Å².